The van der Waals surface area contributed by atoms with Gasteiger partial charge in [0.1, 0.15) is 0 Å². The van der Waals surface area contributed by atoms with Gasteiger partial charge >= 0.3 is 5.97 Å². The molecule has 1 heterocycles. The Morgan fingerprint density at radius 2 is 2.00 bits per heavy atom. The van der Waals surface area contributed by atoms with E-state index < -0.39 is 5.97 Å². The largest absolute Gasteiger partial charge is 0.478 e. The molecular formula is C15H19NO3S. The fourth-order valence-electron chi connectivity index (χ4n) is 2.52. The van der Waals surface area contributed by atoms with E-state index in [1.54, 1.807) is 12.1 Å². The van der Waals surface area contributed by atoms with Crippen molar-refractivity contribution in [1.82, 2.24) is 4.90 Å². The van der Waals surface area contributed by atoms with Crippen LogP contribution in [0.5, 0.6) is 0 Å². The van der Waals surface area contributed by atoms with Crippen LogP contribution in [0, 0.1) is 0 Å². The molecule has 1 aliphatic carbocycles. The van der Waals surface area contributed by atoms with Crippen LogP contribution >= 0.6 is 11.3 Å². The highest BCUT2D eigenvalue weighted by Gasteiger charge is 2.23. The molecule has 1 N–H and O–H groups in total. The van der Waals surface area contributed by atoms with Gasteiger partial charge < -0.3 is 10.0 Å². The van der Waals surface area contributed by atoms with Crippen molar-refractivity contribution in [3.8, 4) is 0 Å². The minimum Gasteiger partial charge on any atom is -0.478 e. The highest BCUT2D eigenvalue weighted by Crippen LogP contribution is 2.25. The van der Waals surface area contributed by atoms with Gasteiger partial charge in [-0.05, 0) is 31.1 Å². The van der Waals surface area contributed by atoms with Gasteiger partial charge in [0.15, 0.2) is 0 Å². The van der Waals surface area contributed by atoms with Gasteiger partial charge in [0.05, 0.1) is 4.88 Å². The van der Waals surface area contributed by atoms with E-state index >= 15 is 0 Å². The second kappa shape index (κ2) is 6.70. The number of carboxylic acids is 1. The third-order valence-electron chi connectivity index (χ3n) is 3.67. The molecular weight excluding hydrogens is 274 g/mol. The zero-order valence-corrected chi connectivity index (χ0v) is 12.4. The number of hydrogen-bond acceptors (Lipinski definition) is 3. The molecule has 0 atom stereocenters. The number of hydrogen-bond donors (Lipinski definition) is 1. The van der Waals surface area contributed by atoms with E-state index in [1.807, 2.05) is 11.9 Å². The Morgan fingerprint density at radius 1 is 1.30 bits per heavy atom. The number of carboxylic acid groups (broad SMARTS) is 1. The number of carbonyl (C=O) groups excluding carboxylic acids is 1. The summed E-state index contributed by atoms with van der Waals surface area (Å²) in [6, 6.07) is 3.90. The molecule has 5 heteroatoms. The fraction of sp³-hybridized carbons (Fsp3) is 0.467. The third-order valence-corrected chi connectivity index (χ3v) is 4.71. The maximum Gasteiger partial charge on any atom is 0.328 e. The normalized spacial score (nSPS) is 16.4. The Morgan fingerprint density at radius 3 is 2.65 bits per heavy atom. The van der Waals surface area contributed by atoms with Crippen LogP contribution in [-0.4, -0.2) is 35.0 Å². The molecule has 1 aromatic heterocycles. The molecule has 0 aliphatic heterocycles. The molecule has 0 bridgehead atoms. The molecule has 0 unspecified atom stereocenters. The number of thiophene rings is 1. The zero-order valence-electron chi connectivity index (χ0n) is 11.5. The Hall–Kier alpha value is -1.62. The molecule has 20 heavy (non-hydrogen) atoms. The van der Waals surface area contributed by atoms with Crippen LogP contribution < -0.4 is 0 Å². The summed E-state index contributed by atoms with van der Waals surface area (Å²) in [5.74, 6) is -0.942. The van der Waals surface area contributed by atoms with Gasteiger partial charge in [-0.3, -0.25) is 4.79 Å². The van der Waals surface area contributed by atoms with E-state index in [9.17, 15) is 9.59 Å². The Labute approximate surface area is 122 Å². The molecule has 1 aromatic rings. The maximum atomic E-state index is 12.4. The van der Waals surface area contributed by atoms with Crippen LogP contribution in [0.4, 0.5) is 0 Å². The quantitative estimate of drug-likeness (QED) is 0.867. The van der Waals surface area contributed by atoms with Crippen LogP contribution in [0.2, 0.25) is 0 Å². The summed E-state index contributed by atoms with van der Waals surface area (Å²) in [6.07, 6.45) is 8.43. The van der Waals surface area contributed by atoms with Crippen LogP contribution in [0.25, 0.3) is 6.08 Å². The first-order valence-electron chi connectivity index (χ1n) is 6.86. The van der Waals surface area contributed by atoms with Gasteiger partial charge in [-0.1, -0.05) is 19.3 Å². The van der Waals surface area contributed by atoms with E-state index in [0.29, 0.717) is 10.9 Å². The van der Waals surface area contributed by atoms with Crippen molar-refractivity contribution in [2.24, 2.45) is 0 Å². The van der Waals surface area contributed by atoms with E-state index in [-0.39, 0.29) is 5.91 Å². The first kappa shape index (κ1) is 14.8. The Balaban J connectivity index is 2.03. The van der Waals surface area contributed by atoms with E-state index in [2.05, 4.69) is 0 Å². The highest BCUT2D eigenvalue weighted by molar-refractivity contribution is 7.14. The summed E-state index contributed by atoms with van der Waals surface area (Å²) >= 11 is 1.33. The van der Waals surface area contributed by atoms with Gasteiger partial charge in [-0.25, -0.2) is 4.79 Å². The highest BCUT2D eigenvalue weighted by atomic mass is 32.1. The number of rotatable bonds is 4. The van der Waals surface area contributed by atoms with Crippen molar-refractivity contribution < 1.29 is 14.7 Å². The summed E-state index contributed by atoms with van der Waals surface area (Å²) in [5, 5.41) is 8.59. The number of carbonyl (C=O) groups is 2. The molecule has 0 spiro atoms. The van der Waals surface area contributed by atoms with Crippen LogP contribution in [0.3, 0.4) is 0 Å². The number of amides is 1. The molecule has 1 amide bonds. The lowest BCUT2D eigenvalue weighted by Crippen LogP contribution is -2.37. The summed E-state index contributed by atoms with van der Waals surface area (Å²) in [7, 11) is 1.87. The summed E-state index contributed by atoms with van der Waals surface area (Å²) in [5.41, 5.74) is 0. The predicted molar refractivity (Wildman–Crippen MR) is 80.0 cm³/mol. The lowest BCUT2D eigenvalue weighted by Gasteiger charge is -2.30. The molecule has 0 saturated heterocycles. The van der Waals surface area contributed by atoms with Crippen molar-refractivity contribution in [2.45, 2.75) is 38.1 Å². The average molecular weight is 293 g/mol. The Kier molecular flexibility index (Phi) is 4.95. The maximum absolute atomic E-state index is 12.4. The minimum absolute atomic E-state index is 0.0388. The zero-order chi connectivity index (χ0) is 14.5. The van der Waals surface area contributed by atoms with Gasteiger partial charge in [0.2, 0.25) is 0 Å². The van der Waals surface area contributed by atoms with E-state index in [4.69, 9.17) is 5.11 Å². The van der Waals surface area contributed by atoms with Crippen LogP contribution in [0.15, 0.2) is 18.2 Å². The first-order valence-corrected chi connectivity index (χ1v) is 7.67. The molecule has 1 fully saturated rings. The minimum atomic E-state index is -0.981. The molecule has 1 saturated carbocycles. The van der Waals surface area contributed by atoms with Gasteiger partial charge in [0.25, 0.3) is 5.91 Å². The van der Waals surface area contributed by atoms with E-state index in [1.165, 1.54) is 36.7 Å². The van der Waals surface area contributed by atoms with Crippen molar-refractivity contribution in [1.29, 1.82) is 0 Å². The van der Waals surface area contributed by atoms with Crippen molar-refractivity contribution in [2.75, 3.05) is 7.05 Å². The summed E-state index contributed by atoms with van der Waals surface area (Å²) in [4.78, 5) is 26.2. The summed E-state index contributed by atoms with van der Waals surface area (Å²) < 4.78 is 0. The molecule has 4 nitrogen and oxygen atoms in total. The molecule has 108 valence electrons. The predicted octanol–water partition coefficient (Wildman–Crippen LogP) is 3.25. The van der Waals surface area contributed by atoms with Gasteiger partial charge in [0, 0.05) is 24.0 Å². The van der Waals surface area contributed by atoms with Gasteiger partial charge in [-0.2, -0.15) is 0 Å². The Bertz CT molecular complexity index is 515. The number of aliphatic carboxylic acids is 1. The first-order chi connectivity index (χ1) is 9.58. The van der Waals surface area contributed by atoms with Crippen molar-refractivity contribution in [3.05, 3.63) is 28.0 Å². The van der Waals surface area contributed by atoms with Crippen molar-refractivity contribution >= 4 is 29.3 Å². The smallest absolute Gasteiger partial charge is 0.328 e. The standard InChI is InChI=1S/C15H19NO3S/c1-16(11-5-3-2-4-6-11)15(19)13-9-7-12(20-13)8-10-14(17)18/h7-11H,2-6H2,1H3,(H,17,18). The molecule has 0 radical (unpaired) electrons. The lowest BCUT2D eigenvalue weighted by molar-refractivity contribution is -0.131. The summed E-state index contributed by atoms with van der Waals surface area (Å²) in [6.45, 7) is 0. The average Bonchev–Trinajstić information content (AvgIpc) is 2.93. The second-order valence-corrected chi connectivity index (χ2v) is 6.20. The molecule has 0 aromatic carbocycles. The fourth-order valence-corrected chi connectivity index (χ4v) is 3.41. The SMILES string of the molecule is CN(C(=O)c1ccc(C=CC(=O)O)s1)C1CCCCC1. The monoisotopic (exact) mass is 293 g/mol. The lowest BCUT2D eigenvalue weighted by atomic mass is 9.94. The van der Waals surface area contributed by atoms with Crippen molar-refractivity contribution in [3.63, 3.8) is 0 Å². The topological polar surface area (TPSA) is 57.6 Å². The van der Waals surface area contributed by atoms with Crippen LogP contribution in [0.1, 0.15) is 46.7 Å². The van der Waals surface area contributed by atoms with Crippen LogP contribution in [-0.2, 0) is 4.79 Å². The molecule has 1 aliphatic rings. The number of nitrogens with zero attached hydrogens (tertiary/aromatic N) is 1. The molecule has 2 rings (SSSR count). The van der Waals surface area contributed by atoms with E-state index in [0.717, 1.165) is 23.8 Å². The third kappa shape index (κ3) is 3.70. The van der Waals surface area contributed by atoms with Gasteiger partial charge in [-0.15, -0.1) is 11.3 Å². The second-order valence-electron chi connectivity index (χ2n) is 5.08.